The first-order valence-electron chi connectivity index (χ1n) is 6.11. The third-order valence-electron chi connectivity index (χ3n) is 3.01. The number of fused-ring (bicyclic) bond motifs is 1. The lowest BCUT2D eigenvalue weighted by Crippen LogP contribution is -2.03. The number of alkyl halides is 1. The van der Waals surface area contributed by atoms with Crippen molar-refractivity contribution in [1.82, 2.24) is 14.5 Å². The number of hydrogen-bond donors (Lipinski definition) is 0. The quantitative estimate of drug-likeness (QED) is 0.508. The first-order chi connectivity index (χ1) is 9.97. The number of benzene rings is 1. The summed E-state index contributed by atoms with van der Waals surface area (Å²) >= 11 is 12.8. The Morgan fingerprint density at radius 1 is 1.29 bits per heavy atom. The summed E-state index contributed by atoms with van der Waals surface area (Å²) in [7, 11) is 0. The fourth-order valence-electron chi connectivity index (χ4n) is 2.10. The number of imidazole rings is 1. The highest BCUT2D eigenvalue weighted by Crippen LogP contribution is 2.30. The van der Waals surface area contributed by atoms with Crippen molar-refractivity contribution in [2.45, 2.75) is 12.3 Å². The molecule has 1 unspecified atom stereocenters. The zero-order valence-corrected chi connectivity index (χ0v) is 14.7. The van der Waals surface area contributed by atoms with Gasteiger partial charge in [-0.05, 0) is 63.0 Å². The van der Waals surface area contributed by atoms with Crippen LogP contribution in [-0.2, 0) is 0 Å². The molecule has 3 aromatic rings. The summed E-state index contributed by atoms with van der Waals surface area (Å²) in [5.74, 6) is 0.343. The van der Waals surface area contributed by atoms with Crippen LogP contribution in [0.4, 0.5) is 4.39 Å². The molecule has 0 aliphatic rings. The van der Waals surface area contributed by atoms with Gasteiger partial charge in [0.2, 0.25) is 0 Å². The second-order valence-electron chi connectivity index (χ2n) is 4.52. The second-order valence-corrected chi connectivity index (χ2v) is 6.94. The van der Waals surface area contributed by atoms with E-state index in [0.717, 1.165) is 15.7 Å². The highest BCUT2D eigenvalue weighted by Gasteiger charge is 2.18. The fourth-order valence-corrected chi connectivity index (χ4v) is 2.94. The molecular weight excluding hydrogens is 424 g/mol. The molecular formula is C14H9Br2ClFN3. The van der Waals surface area contributed by atoms with E-state index in [4.69, 9.17) is 11.6 Å². The minimum absolute atomic E-state index is 0.304. The van der Waals surface area contributed by atoms with Crippen molar-refractivity contribution in [2.24, 2.45) is 0 Å². The Morgan fingerprint density at radius 2 is 2.05 bits per heavy atom. The largest absolute Gasteiger partial charge is 0.279 e. The Balaban J connectivity index is 2.33. The first-order valence-corrected chi connectivity index (χ1v) is 8.13. The molecule has 0 aliphatic carbocycles. The molecule has 2 aromatic heterocycles. The molecule has 0 bridgehead atoms. The van der Waals surface area contributed by atoms with Crippen molar-refractivity contribution in [3.05, 3.63) is 51.0 Å². The summed E-state index contributed by atoms with van der Waals surface area (Å²) in [4.78, 5) is 8.93. The maximum atomic E-state index is 13.4. The molecule has 0 aliphatic heterocycles. The third kappa shape index (κ3) is 2.72. The normalized spacial score (nSPS) is 12.8. The van der Waals surface area contributed by atoms with Gasteiger partial charge in [-0.25, -0.2) is 14.4 Å². The first kappa shape index (κ1) is 14.9. The van der Waals surface area contributed by atoms with E-state index in [-0.39, 0.29) is 11.2 Å². The smallest absolute Gasteiger partial charge is 0.164 e. The van der Waals surface area contributed by atoms with Crippen LogP contribution in [-0.4, -0.2) is 14.5 Å². The molecule has 21 heavy (non-hydrogen) atoms. The minimum Gasteiger partial charge on any atom is -0.279 e. The Morgan fingerprint density at radius 3 is 2.71 bits per heavy atom. The molecule has 0 radical (unpaired) electrons. The summed E-state index contributed by atoms with van der Waals surface area (Å²) in [6, 6.07) is 6.63. The van der Waals surface area contributed by atoms with Crippen molar-refractivity contribution >= 4 is 54.6 Å². The van der Waals surface area contributed by atoms with Crippen molar-refractivity contribution < 1.29 is 4.39 Å². The topological polar surface area (TPSA) is 30.7 Å². The molecule has 0 saturated carbocycles. The fraction of sp³-hybridized carbons (Fsp3) is 0.143. The van der Waals surface area contributed by atoms with E-state index < -0.39 is 0 Å². The van der Waals surface area contributed by atoms with Gasteiger partial charge in [-0.1, -0.05) is 0 Å². The van der Waals surface area contributed by atoms with Crippen molar-refractivity contribution in [3.63, 3.8) is 0 Å². The van der Waals surface area contributed by atoms with Crippen LogP contribution in [0.5, 0.6) is 0 Å². The lowest BCUT2D eigenvalue weighted by molar-refractivity contribution is 0.620. The predicted molar refractivity (Wildman–Crippen MR) is 88.5 cm³/mol. The molecule has 0 fully saturated rings. The molecule has 108 valence electrons. The van der Waals surface area contributed by atoms with Crippen molar-refractivity contribution in [2.75, 3.05) is 0 Å². The van der Waals surface area contributed by atoms with E-state index >= 15 is 0 Å². The molecule has 0 N–H and O–H groups in total. The van der Waals surface area contributed by atoms with Gasteiger partial charge in [-0.2, -0.15) is 0 Å². The lowest BCUT2D eigenvalue weighted by atomic mass is 10.3. The van der Waals surface area contributed by atoms with E-state index in [1.807, 2.05) is 17.6 Å². The van der Waals surface area contributed by atoms with Crippen LogP contribution in [0, 0.1) is 5.82 Å². The summed E-state index contributed by atoms with van der Waals surface area (Å²) in [5.41, 5.74) is 2.16. The van der Waals surface area contributed by atoms with E-state index in [9.17, 15) is 4.39 Å². The zero-order valence-electron chi connectivity index (χ0n) is 10.8. The average molecular weight is 434 g/mol. The monoisotopic (exact) mass is 431 g/mol. The van der Waals surface area contributed by atoms with Gasteiger partial charge >= 0.3 is 0 Å². The summed E-state index contributed by atoms with van der Waals surface area (Å²) in [6.07, 6.45) is 1.70. The van der Waals surface area contributed by atoms with E-state index in [1.165, 1.54) is 6.07 Å². The standard InChI is InChI=1S/C14H9Br2ClFN3/c1-7(17)13-20-12-4-8(15)6-19-14(12)21(13)9-2-3-11(18)10(16)5-9/h2-7H,1H3. The Bertz CT molecular complexity index is 832. The van der Waals surface area contributed by atoms with Gasteiger partial charge in [0.05, 0.1) is 15.5 Å². The predicted octanol–water partition coefficient (Wildman–Crippen LogP) is 5.38. The molecule has 3 rings (SSSR count). The van der Waals surface area contributed by atoms with Gasteiger partial charge in [0.25, 0.3) is 0 Å². The molecule has 0 amide bonds. The van der Waals surface area contributed by atoms with Crippen LogP contribution < -0.4 is 0 Å². The molecule has 0 saturated heterocycles. The van der Waals surface area contributed by atoms with Crippen LogP contribution in [0.2, 0.25) is 0 Å². The number of nitrogens with zero attached hydrogens (tertiary/aromatic N) is 3. The summed E-state index contributed by atoms with van der Waals surface area (Å²) in [5, 5.41) is -0.304. The van der Waals surface area contributed by atoms with Crippen LogP contribution in [0.1, 0.15) is 18.1 Å². The van der Waals surface area contributed by atoms with Gasteiger partial charge in [0.1, 0.15) is 17.2 Å². The molecule has 1 atom stereocenters. The van der Waals surface area contributed by atoms with E-state index in [0.29, 0.717) is 15.9 Å². The van der Waals surface area contributed by atoms with Gasteiger partial charge in [0.15, 0.2) is 5.65 Å². The second kappa shape index (κ2) is 5.66. The SMILES string of the molecule is CC(Cl)c1nc2cc(Br)cnc2n1-c1ccc(F)c(Br)c1. The van der Waals surface area contributed by atoms with Gasteiger partial charge in [-0.15, -0.1) is 11.6 Å². The number of hydrogen-bond acceptors (Lipinski definition) is 2. The Hall–Kier alpha value is -0.980. The number of aromatic nitrogens is 3. The highest BCUT2D eigenvalue weighted by atomic mass is 79.9. The van der Waals surface area contributed by atoms with Gasteiger partial charge < -0.3 is 0 Å². The number of rotatable bonds is 2. The van der Waals surface area contributed by atoms with Crippen LogP contribution >= 0.6 is 43.5 Å². The van der Waals surface area contributed by atoms with Crippen LogP contribution in [0.15, 0.2) is 39.4 Å². The summed E-state index contributed by atoms with van der Waals surface area (Å²) < 4.78 is 16.5. The Kier molecular flexibility index (Phi) is 4.03. The lowest BCUT2D eigenvalue weighted by Gasteiger charge is -2.10. The number of pyridine rings is 1. The van der Waals surface area contributed by atoms with Crippen LogP contribution in [0.3, 0.4) is 0 Å². The maximum absolute atomic E-state index is 13.4. The molecule has 1 aromatic carbocycles. The van der Waals surface area contributed by atoms with Crippen molar-refractivity contribution in [3.8, 4) is 5.69 Å². The average Bonchev–Trinajstić information content (AvgIpc) is 2.80. The molecule has 2 heterocycles. The third-order valence-corrected chi connectivity index (χ3v) is 4.24. The summed E-state index contributed by atoms with van der Waals surface area (Å²) in [6.45, 7) is 1.84. The van der Waals surface area contributed by atoms with Crippen LogP contribution in [0.25, 0.3) is 16.9 Å². The molecule has 7 heteroatoms. The molecule has 0 spiro atoms. The zero-order chi connectivity index (χ0) is 15.1. The Labute approximate surface area is 142 Å². The van der Waals surface area contributed by atoms with Gasteiger partial charge in [0, 0.05) is 10.7 Å². The molecule has 3 nitrogen and oxygen atoms in total. The maximum Gasteiger partial charge on any atom is 0.164 e. The highest BCUT2D eigenvalue weighted by molar-refractivity contribution is 9.10. The van der Waals surface area contributed by atoms with Crippen molar-refractivity contribution in [1.29, 1.82) is 0 Å². The van der Waals surface area contributed by atoms with Gasteiger partial charge in [-0.3, -0.25) is 4.57 Å². The van der Waals surface area contributed by atoms with E-state index in [2.05, 4.69) is 41.8 Å². The van der Waals surface area contributed by atoms with E-state index in [1.54, 1.807) is 18.3 Å². The number of halogens is 4. The minimum atomic E-state index is -0.320.